The first-order valence-corrected chi connectivity index (χ1v) is 6.81. The van der Waals surface area contributed by atoms with Gasteiger partial charge in [-0.25, -0.2) is 4.98 Å². The first-order valence-electron chi connectivity index (χ1n) is 5.61. The van der Waals surface area contributed by atoms with Gasteiger partial charge >= 0.3 is 0 Å². The molecule has 0 spiro atoms. The Kier molecular flexibility index (Phi) is 3.23. The average molecular weight is 286 g/mol. The zero-order valence-electron chi connectivity index (χ0n) is 9.85. The van der Waals surface area contributed by atoms with Gasteiger partial charge in [0.15, 0.2) is 10.9 Å². The monoisotopic (exact) mass is 285 g/mol. The molecule has 1 saturated heterocycles. The predicted molar refractivity (Wildman–Crippen MR) is 72.0 cm³/mol. The van der Waals surface area contributed by atoms with Crippen LogP contribution in [0.4, 0.5) is 5.82 Å². The van der Waals surface area contributed by atoms with Crippen molar-refractivity contribution in [3.05, 3.63) is 11.3 Å². The van der Waals surface area contributed by atoms with E-state index in [0.29, 0.717) is 13.2 Å². The van der Waals surface area contributed by atoms with Gasteiger partial charge in [-0.2, -0.15) is 4.98 Å². The van der Waals surface area contributed by atoms with Gasteiger partial charge in [0.1, 0.15) is 0 Å². The van der Waals surface area contributed by atoms with E-state index in [-0.39, 0.29) is 5.28 Å². The molecule has 0 N–H and O–H groups in total. The second kappa shape index (κ2) is 4.87. The van der Waals surface area contributed by atoms with E-state index in [1.54, 1.807) is 7.11 Å². The molecule has 5 nitrogen and oxygen atoms in total. The second-order valence-corrected chi connectivity index (χ2v) is 5.25. The molecular weight excluding hydrogens is 274 g/mol. The zero-order chi connectivity index (χ0) is 12.5. The highest BCUT2D eigenvalue weighted by atomic mass is 35.5. The Morgan fingerprint density at radius 2 is 2.17 bits per heavy atom. The number of hydrogen-bond acceptors (Lipinski definition) is 6. The van der Waals surface area contributed by atoms with Gasteiger partial charge in [-0.3, -0.25) is 0 Å². The number of aromatic nitrogens is 2. The molecule has 0 amide bonds. The number of morpholine rings is 1. The topological polar surface area (TPSA) is 47.5 Å². The summed E-state index contributed by atoms with van der Waals surface area (Å²) in [4.78, 5) is 10.8. The summed E-state index contributed by atoms with van der Waals surface area (Å²) in [5.74, 6) is 0.876. The number of ether oxygens (including phenoxy) is 2. The Labute approximate surface area is 113 Å². The summed E-state index contributed by atoms with van der Waals surface area (Å²) in [6.45, 7) is 3.07. The van der Waals surface area contributed by atoms with E-state index in [0.717, 1.165) is 34.2 Å². The van der Waals surface area contributed by atoms with Crippen molar-refractivity contribution >= 4 is 39.0 Å². The van der Waals surface area contributed by atoms with Crippen LogP contribution in [-0.2, 0) is 4.74 Å². The standard InChI is InChI=1S/C11H12ClN3O2S/c1-16-8-6-7-9(18-8)10(14-11(12)13-7)15-2-4-17-5-3-15/h6H,2-5H2,1H3. The number of fused-ring (bicyclic) bond motifs is 1. The van der Waals surface area contributed by atoms with Gasteiger partial charge in [-0.15, -0.1) is 0 Å². The molecule has 18 heavy (non-hydrogen) atoms. The first kappa shape index (κ1) is 12.0. The molecule has 0 bridgehead atoms. The highest BCUT2D eigenvalue weighted by Gasteiger charge is 2.19. The lowest BCUT2D eigenvalue weighted by atomic mass is 10.3. The van der Waals surface area contributed by atoms with Crippen LogP contribution in [0.2, 0.25) is 5.28 Å². The van der Waals surface area contributed by atoms with E-state index in [2.05, 4.69) is 14.9 Å². The second-order valence-electron chi connectivity index (χ2n) is 3.90. The molecule has 0 radical (unpaired) electrons. The largest absolute Gasteiger partial charge is 0.487 e. The molecule has 1 aliphatic rings. The summed E-state index contributed by atoms with van der Waals surface area (Å²) in [6.07, 6.45) is 0. The summed E-state index contributed by atoms with van der Waals surface area (Å²) in [5.41, 5.74) is 0.832. The molecule has 3 heterocycles. The van der Waals surface area contributed by atoms with Crippen molar-refractivity contribution in [2.45, 2.75) is 0 Å². The Balaban J connectivity index is 2.10. The van der Waals surface area contributed by atoms with Gasteiger partial charge in [0, 0.05) is 19.2 Å². The molecule has 96 valence electrons. The molecule has 0 atom stereocenters. The summed E-state index contributed by atoms with van der Waals surface area (Å²) >= 11 is 7.52. The van der Waals surface area contributed by atoms with E-state index >= 15 is 0 Å². The van der Waals surface area contributed by atoms with Crippen molar-refractivity contribution in [2.75, 3.05) is 38.3 Å². The summed E-state index contributed by atoms with van der Waals surface area (Å²) in [7, 11) is 1.65. The van der Waals surface area contributed by atoms with E-state index < -0.39 is 0 Å². The number of nitrogens with zero attached hydrogens (tertiary/aromatic N) is 3. The maximum Gasteiger partial charge on any atom is 0.224 e. The third-order valence-corrected chi connectivity index (χ3v) is 4.07. The SMILES string of the molecule is COc1cc2nc(Cl)nc(N3CCOCC3)c2s1. The fraction of sp³-hybridized carbons (Fsp3) is 0.455. The van der Waals surface area contributed by atoms with E-state index in [1.165, 1.54) is 11.3 Å². The summed E-state index contributed by atoms with van der Waals surface area (Å²) in [5, 5.41) is 1.08. The fourth-order valence-electron chi connectivity index (χ4n) is 1.96. The van der Waals surface area contributed by atoms with Crippen LogP contribution in [0.1, 0.15) is 0 Å². The van der Waals surface area contributed by atoms with Gasteiger partial charge in [-0.05, 0) is 11.6 Å². The molecule has 2 aromatic rings. The molecule has 2 aromatic heterocycles. The van der Waals surface area contributed by atoms with Crippen LogP contribution in [0.5, 0.6) is 5.06 Å². The van der Waals surface area contributed by atoms with E-state index in [4.69, 9.17) is 21.1 Å². The molecule has 1 aliphatic heterocycles. The highest BCUT2D eigenvalue weighted by molar-refractivity contribution is 7.21. The normalized spacial score (nSPS) is 16.2. The minimum absolute atomic E-state index is 0.268. The molecule has 1 fully saturated rings. The number of hydrogen-bond donors (Lipinski definition) is 0. The quantitative estimate of drug-likeness (QED) is 0.792. The molecule has 0 aliphatic carbocycles. The maximum absolute atomic E-state index is 5.98. The average Bonchev–Trinajstić information content (AvgIpc) is 2.81. The van der Waals surface area contributed by atoms with Gasteiger partial charge in [0.05, 0.1) is 30.5 Å². The third-order valence-electron chi connectivity index (χ3n) is 2.82. The Hall–Kier alpha value is -1.11. The predicted octanol–water partition coefficient (Wildman–Crippen LogP) is 2.19. The van der Waals surface area contributed by atoms with Gasteiger partial charge < -0.3 is 14.4 Å². The highest BCUT2D eigenvalue weighted by Crippen LogP contribution is 2.36. The Morgan fingerprint density at radius 3 is 2.89 bits per heavy atom. The molecular formula is C11H12ClN3O2S. The van der Waals surface area contributed by atoms with Crippen LogP contribution in [0.3, 0.4) is 0 Å². The van der Waals surface area contributed by atoms with Crippen LogP contribution in [0.25, 0.3) is 10.2 Å². The van der Waals surface area contributed by atoms with Crippen molar-refractivity contribution < 1.29 is 9.47 Å². The summed E-state index contributed by atoms with van der Waals surface area (Å²) < 4.78 is 11.6. The Bertz CT molecular complexity index is 569. The van der Waals surface area contributed by atoms with E-state index in [1.807, 2.05) is 6.07 Å². The smallest absolute Gasteiger partial charge is 0.224 e. The van der Waals surface area contributed by atoms with Gasteiger partial charge in [-0.1, -0.05) is 11.3 Å². The van der Waals surface area contributed by atoms with Crippen LogP contribution < -0.4 is 9.64 Å². The number of anilines is 1. The minimum atomic E-state index is 0.268. The maximum atomic E-state index is 5.98. The van der Waals surface area contributed by atoms with Crippen molar-refractivity contribution in [3.63, 3.8) is 0 Å². The molecule has 0 unspecified atom stereocenters. The molecule has 3 rings (SSSR count). The van der Waals surface area contributed by atoms with Crippen LogP contribution in [0.15, 0.2) is 6.07 Å². The summed E-state index contributed by atoms with van der Waals surface area (Å²) in [6, 6.07) is 1.89. The number of methoxy groups -OCH3 is 1. The third kappa shape index (κ3) is 2.11. The van der Waals surface area contributed by atoms with E-state index in [9.17, 15) is 0 Å². The van der Waals surface area contributed by atoms with Crippen LogP contribution >= 0.6 is 22.9 Å². The first-order chi connectivity index (χ1) is 8.78. The lowest BCUT2D eigenvalue weighted by Gasteiger charge is -2.27. The van der Waals surface area contributed by atoms with Crippen molar-refractivity contribution in [2.24, 2.45) is 0 Å². The molecule has 7 heteroatoms. The van der Waals surface area contributed by atoms with Crippen molar-refractivity contribution in [1.29, 1.82) is 0 Å². The van der Waals surface area contributed by atoms with Crippen molar-refractivity contribution in [3.8, 4) is 5.06 Å². The van der Waals surface area contributed by atoms with Crippen LogP contribution in [-0.4, -0.2) is 43.4 Å². The fourth-order valence-corrected chi connectivity index (χ4v) is 3.06. The number of halogens is 1. The van der Waals surface area contributed by atoms with Crippen LogP contribution in [0, 0.1) is 0 Å². The lowest BCUT2D eigenvalue weighted by Crippen LogP contribution is -2.36. The minimum Gasteiger partial charge on any atom is -0.487 e. The van der Waals surface area contributed by atoms with Crippen molar-refractivity contribution in [1.82, 2.24) is 9.97 Å². The molecule has 0 aromatic carbocycles. The Morgan fingerprint density at radius 1 is 1.39 bits per heavy atom. The molecule has 0 saturated carbocycles. The van der Waals surface area contributed by atoms with Gasteiger partial charge in [0.25, 0.3) is 0 Å². The van der Waals surface area contributed by atoms with Gasteiger partial charge in [0.2, 0.25) is 5.28 Å². The zero-order valence-corrected chi connectivity index (χ0v) is 11.4. The number of thiophene rings is 1. The number of rotatable bonds is 2. The lowest BCUT2D eigenvalue weighted by molar-refractivity contribution is 0.122.